The molecule has 1 fully saturated rings. The molecule has 2 rings (SSSR count). The Morgan fingerprint density at radius 1 is 1.35 bits per heavy atom. The molecular formula is C17H24FNO. The van der Waals surface area contributed by atoms with Crippen LogP contribution in [0.3, 0.4) is 0 Å². The quantitative estimate of drug-likeness (QED) is 0.809. The zero-order valence-electron chi connectivity index (χ0n) is 12.4. The lowest BCUT2D eigenvalue weighted by atomic mass is 9.78. The minimum atomic E-state index is -0.219. The Morgan fingerprint density at radius 2 is 2.10 bits per heavy atom. The highest BCUT2D eigenvalue weighted by Gasteiger charge is 2.29. The highest BCUT2D eigenvalue weighted by molar-refractivity contribution is 5.82. The largest absolute Gasteiger partial charge is 0.372 e. The highest BCUT2D eigenvalue weighted by Crippen LogP contribution is 2.31. The molecule has 2 unspecified atom stereocenters. The molecule has 110 valence electrons. The fourth-order valence-corrected chi connectivity index (χ4v) is 3.24. The van der Waals surface area contributed by atoms with Gasteiger partial charge in [-0.15, -0.1) is 0 Å². The molecule has 0 saturated heterocycles. The normalized spacial score (nSPS) is 22.9. The number of carbonyl (C=O) groups excluding carboxylic acids is 1. The molecular weight excluding hydrogens is 253 g/mol. The van der Waals surface area contributed by atoms with E-state index in [0.29, 0.717) is 30.4 Å². The first kappa shape index (κ1) is 15.0. The van der Waals surface area contributed by atoms with Gasteiger partial charge in [0.15, 0.2) is 0 Å². The van der Waals surface area contributed by atoms with Crippen LogP contribution in [0.5, 0.6) is 0 Å². The first-order valence-electron chi connectivity index (χ1n) is 7.60. The molecule has 0 amide bonds. The topological polar surface area (TPSA) is 20.3 Å². The first-order chi connectivity index (χ1) is 9.61. The second-order valence-corrected chi connectivity index (χ2v) is 5.92. The van der Waals surface area contributed by atoms with E-state index in [0.717, 1.165) is 12.8 Å². The van der Waals surface area contributed by atoms with Crippen molar-refractivity contribution in [3.8, 4) is 0 Å². The zero-order chi connectivity index (χ0) is 14.5. The molecule has 0 radical (unpaired) electrons. The van der Waals surface area contributed by atoms with Crippen molar-refractivity contribution in [2.75, 3.05) is 18.5 Å². The summed E-state index contributed by atoms with van der Waals surface area (Å²) in [7, 11) is 1.87. The van der Waals surface area contributed by atoms with Gasteiger partial charge in [-0.05, 0) is 30.9 Å². The maximum Gasteiger partial charge on any atom is 0.146 e. The van der Waals surface area contributed by atoms with Crippen molar-refractivity contribution >= 4 is 11.5 Å². The van der Waals surface area contributed by atoms with Crippen LogP contribution < -0.4 is 4.90 Å². The molecule has 20 heavy (non-hydrogen) atoms. The van der Waals surface area contributed by atoms with Gasteiger partial charge in [0.2, 0.25) is 0 Å². The minimum absolute atomic E-state index is 0.0601. The van der Waals surface area contributed by atoms with Crippen molar-refractivity contribution in [3.05, 3.63) is 30.1 Å². The Balaban J connectivity index is 2.00. The summed E-state index contributed by atoms with van der Waals surface area (Å²) >= 11 is 0. The number of hydrogen-bond acceptors (Lipinski definition) is 2. The van der Waals surface area contributed by atoms with Gasteiger partial charge in [0.05, 0.1) is 5.69 Å². The fraction of sp³-hybridized carbons (Fsp3) is 0.588. The number of carbonyl (C=O) groups is 1. The molecule has 0 N–H and O–H groups in total. The molecule has 2 nitrogen and oxygen atoms in total. The molecule has 1 saturated carbocycles. The third kappa shape index (κ3) is 3.59. The summed E-state index contributed by atoms with van der Waals surface area (Å²) in [6.07, 6.45) is 5.07. The van der Waals surface area contributed by atoms with E-state index in [1.54, 1.807) is 12.1 Å². The van der Waals surface area contributed by atoms with Crippen LogP contribution in [-0.4, -0.2) is 19.4 Å². The summed E-state index contributed by atoms with van der Waals surface area (Å²) in [6.45, 7) is 2.82. The number of ketones is 1. The van der Waals surface area contributed by atoms with Crippen molar-refractivity contribution in [2.24, 2.45) is 11.8 Å². The van der Waals surface area contributed by atoms with Gasteiger partial charge in [-0.1, -0.05) is 31.9 Å². The second-order valence-electron chi connectivity index (χ2n) is 5.92. The van der Waals surface area contributed by atoms with Gasteiger partial charge in [-0.25, -0.2) is 4.39 Å². The van der Waals surface area contributed by atoms with E-state index in [1.807, 2.05) is 18.0 Å². The number of para-hydroxylation sites is 1. The maximum atomic E-state index is 13.8. The number of hydrogen-bond donors (Lipinski definition) is 0. The number of Topliss-reactive ketones (excluding diaryl/α,β-unsaturated/α-hetero) is 1. The Morgan fingerprint density at radius 3 is 2.80 bits per heavy atom. The van der Waals surface area contributed by atoms with E-state index >= 15 is 0 Å². The number of nitrogens with zero attached hydrogens (tertiary/aromatic N) is 1. The van der Waals surface area contributed by atoms with Crippen LogP contribution in [0.1, 0.15) is 39.0 Å². The minimum Gasteiger partial charge on any atom is -0.372 e. The molecule has 0 bridgehead atoms. The Labute approximate surface area is 121 Å². The van der Waals surface area contributed by atoms with Crippen molar-refractivity contribution in [3.63, 3.8) is 0 Å². The van der Waals surface area contributed by atoms with Crippen LogP contribution in [-0.2, 0) is 4.79 Å². The summed E-state index contributed by atoms with van der Waals surface area (Å²) < 4.78 is 13.8. The first-order valence-corrected chi connectivity index (χ1v) is 7.60. The van der Waals surface area contributed by atoms with Gasteiger partial charge in [-0.3, -0.25) is 4.79 Å². The predicted octanol–water partition coefficient (Wildman–Crippen LogP) is 4.05. The molecule has 1 aromatic rings. The summed E-state index contributed by atoms with van der Waals surface area (Å²) in [5.74, 6) is 0.852. The van der Waals surface area contributed by atoms with Crippen LogP contribution in [0.15, 0.2) is 24.3 Å². The van der Waals surface area contributed by atoms with Crippen molar-refractivity contribution in [2.45, 2.75) is 39.0 Å². The van der Waals surface area contributed by atoms with Crippen molar-refractivity contribution in [1.29, 1.82) is 0 Å². The highest BCUT2D eigenvalue weighted by atomic mass is 19.1. The van der Waals surface area contributed by atoms with E-state index in [1.165, 1.54) is 18.9 Å². The van der Waals surface area contributed by atoms with E-state index < -0.39 is 0 Å². The van der Waals surface area contributed by atoms with Crippen LogP contribution in [0.25, 0.3) is 0 Å². The van der Waals surface area contributed by atoms with Gasteiger partial charge < -0.3 is 4.90 Å². The molecule has 2 atom stereocenters. The van der Waals surface area contributed by atoms with E-state index in [9.17, 15) is 9.18 Å². The average Bonchev–Trinajstić information content (AvgIpc) is 2.43. The molecule has 0 aromatic heterocycles. The van der Waals surface area contributed by atoms with Gasteiger partial charge in [0.25, 0.3) is 0 Å². The number of benzene rings is 1. The molecule has 0 spiro atoms. The number of anilines is 1. The zero-order valence-corrected chi connectivity index (χ0v) is 12.4. The maximum absolute atomic E-state index is 13.8. The third-order valence-electron chi connectivity index (χ3n) is 4.33. The van der Waals surface area contributed by atoms with E-state index in [-0.39, 0.29) is 11.7 Å². The predicted molar refractivity (Wildman–Crippen MR) is 80.4 cm³/mol. The molecule has 1 aliphatic rings. The molecule has 0 heterocycles. The number of halogens is 1. The van der Waals surface area contributed by atoms with Crippen molar-refractivity contribution < 1.29 is 9.18 Å². The third-order valence-corrected chi connectivity index (χ3v) is 4.33. The van der Waals surface area contributed by atoms with Crippen LogP contribution in [0.4, 0.5) is 10.1 Å². The monoisotopic (exact) mass is 277 g/mol. The van der Waals surface area contributed by atoms with Crippen LogP contribution in [0, 0.1) is 17.7 Å². The SMILES string of the molecule is CCCC1CCC(=O)C(CN(C)c2ccccc2F)C1. The van der Waals surface area contributed by atoms with E-state index in [4.69, 9.17) is 0 Å². The second kappa shape index (κ2) is 6.87. The Hall–Kier alpha value is -1.38. The smallest absolute Gasteiger partial charge is 0.146 e. The average molecular weight is 277 g/mol. The molecule has 0 aliphatic heterocycles. The summed E-state index contributed by atoms with van der Waals surface area (Å²) in [5.41, 5.74) is 0.581. The molecule has 3 heteroatoms. The van der Waals surface area contributed by atoms with Crippen molar-refractivity contribution in [1.82, 2.24) is 0 Å². The van der Waals surface area contributed by atoms with Crippen LogP contribution in [0.2, 0.25) is 0 Å². The summed E-state index contributed by atoms with van der Waals surface area (Å²) in [6, 6.07) is 6.76. The Kier molecular flexibility index (Phi) is 5.16. The lowest BCUT2D eigenvalue weighted by Gasteiger charge is -2.31. The fourth-order valence-electron chi connectivity index (χ4n) is 3.24. The Bertz CT molecular complexity index is 460. The summed E-state index contributed by atoms with van der Waals surface area (Å²) in [4.78, 5) is 14.0. The van der Waals surface area contributed by atoms with Gasteiger partial charge in [0.1, 0.15) is 11.6 Å². The lowest BCUT2D eigenvalue weighted by molar-refractivity contribution is -0.125. The standard InChI is InChI=1S/C17H24FNO/c1-3-6-13-9-10-17(20)14(11-13)12-19(2)16-8-5-4-7-15(16)18/h4-5,7-8,13-14H,3,6,9-12H2,1-2H3. The van der Waals surface area contributed by atoms with Gasteiger partial charge in [0, 0.05) is 25.9 Å². The van der Waals surface area contributed by atoms with Gasteiger partial charge in [-0.2, -0.15) is 0 Å². The van der Waals surface area contributed by atoms with Gasteiger partial charge >= 0.3 is 0 Å². The molecule has 1 aliphatic carbocycles. The number of rotatable bonds is 5. The van der Waals surface area contributed by atoms with Crippen LogP contribution >= 0.6 is 0 Å². The molecule has 1 aromatic carbocycles. The summed E-state index contributed by atoms with van der Waals surface area (Å²) in [5, 5.41) is 0. The van der Waals surface area contributed by atoms with E-state index in [2.05, 4.69) is 6.92 Å². The lowest BCUT2D eigenvalue weighted by Crippen LogP contribution is -2.35.